The second-order valence-corrected chi connectivity index (χ2v) is 5.45. The molecule has 1 amide bonds. The topological polar surface area (TPSA) is 41.1 Å². The second-order valence-electron chi connectivity index (χ2n) is 5.45. The third-order valence-electron chi connectivity index (χ3n) is 3.90. The molecular formula is C14H18N2O. The average Bonchev–Trinajstić information content (AvgIpc) is 2.93. The van der Waals surface area contributed by atoms with Gasteiger partial charge in [0.05, 0.1) is 0 Å². The van der Waals surface area contributed by atoms with Gasteiger partial charge >= 0.3 is 0 Å². The number of benzene rings is 1. The lowest BCUT2D eigenvalue weighted by molar-refractivity contribution is -0.125. The molecule has 2 aliphatic rings. The van der Waals surface area contributed by atoms with E-state index in [0.717, 1.165) is 25.9 Å². The Bertz CT molecular complexity index is 463. The Hall–Kier alpha value is -1.35. The Morgan fingerprint density at radius 2 is 2.12 bits per heavy atom. The molecule has 1 heterocycles. The molecule has 3 heteroatoms. The highest BCUT2D eigenvalue weighted by Crippen LogP contribution is 2.45. The lowest BCUT2D eigenvalue weighted by atomic mass is 10.1. The predicted octanol–water partition coefficient (Wildman–Crippen LogP) is 1.71. The van der Waals surface area contributed by atoms with E-state index < -0.39 is 0 Å². The standard InChI is InChI=1S/C14H18N2O/c1-14(4-5-14)13(17)16-7-10-2-3-11-8-15-9-12(11)6-10/h2-3,6,15H,4-5,7-9H2,1H3,(H,16,17). The molecule has 1 aromatic carbocycles. The zero-order chi connectivity index (χ0) is 11.9. The summed E-state index contributed by atoms with van der Waals surface area (Å²) < 4.78 is 0. The number of amides is 1. The van der Waals surface area contributed by atoms with Crippen LogP contribution in [0.15, 0.2) is 18.2 Å². The van der Waals surface area contributed by atoms with E-state index in [1.807, 2.05) is 6.92 Å². The number of hydrogen-bond donors (Lipinski definition) is 2. The van der Waals surface area contributed by atoms with E-state index in [1.165, 1.54) is 16.7 Å². The number of hydrogen-bond acceptors (Lipinski definition) is 2. The van der Waals surface area contributed by atoms with Crippen molar-refractivity contribution in [2.75, 3.05) is 0 Å². The molecule has 90 valence electrons. The molecule has 0 saturated heterocycles. The van der Waals surface area contributed by atoms with Gasteiger partial charge in [0.25, 0.3) is 0 Å². The van der Waals surface area contributed by atoms with Gasteiger partial charge in [-0.2, -0.15) is 0 Å². The minimum absolute atomic E-state index is 0.0711. The van der Waals surface area contributed by atoms with Gasteiger partial charge in [-0.25, -0.2) is 0 Å². The molecule has 0 radical (unpaired) electrons. The molecule has 0 spiro atoms. The summed E-state index contributed by atoms with van der Waals surface area (Å²) in [6, 6.07) is 6.47. The van der Waals surface area contributed by atoms with Crippen molar-refractivity contribution in [3.63, 3.8) is 0 Å². The molecular weight excluding hydrogens is 212 g/mol. The normalized spacial score (nSPS) is 19.8. The fourth-order valence-electron chi connectivity index (χ4n) is 2.27. The molecule has 1 fully saturated rings. The highest BCUT2D eigenvalue weighted by atomic mass is 16.2. The van der Waals surface area contributed by atoms with Crippen molar-refractivity contribution in [1.82, 2.24) is 10.6 Å². The first-order valence-electron chi connectivity index (χ1n) is 6.27. The highest BCUT2D eigenvalue weighted by Gasteiger charge is 2.44. The van der Waals surface area contributed by atoms with E-state index >= 15 is 0 Å². The van der Waals surface area contributed by atoms with Crippen LogP contribution in [0.3, 0.4) is 0 Å². The van der Waals surface area contributed by atoms with Crippen LogP contribution in [0.25, 0.3) is 0 Å². The molecule has 2 N–H and O–H groups in total. The van der Waals surface area contributed by atoms with Crippen LogP contribution >= 0.6 is 0 Å². The third kappa shape index (κ3) is 2.07. The summed E-state index contributed by atoms with van der Waals surface area (Å²) in [7, 11) is 0. The molecule has 0 bridgehead atoms. The van der Waals surface area contributed by atoms with Gasteiger partial charge in [-0.3, -0.25) is 4.79 Å². The van der Waals surface area contributed by atoms with Crippen LogP contribution in [0.4, 0.5) is 0 Å². The van der Waals surface area contributed by atoms with Crippen molar-refractivity contribution in [1.29, 1.82) is 0 Å². The third-order valence-corrected chi connectivity index (χ3v) is 3.90. The van der Waals surface area contributed by atoms with Crippen LogP contribution in [0, 0.1) is 5.41 Å². The summed E-state index contributed by atoms with van der Waals surface area (Å²) in [6.45, 7) is 4.62. The second kappa shape index (κ2) is 3.84. The Labute approximate surface area is 102 Å². The number of nitrogens with one attached hydrogen (secondary N) is 2. The Balaban J connectivity index is 1.63. The molecule has 1 aromatic rings. The van der Waals surface area contributed by atoms with Crippen LogP contribution < -0.4 is 10.6 Å². The van der Waals surface area contributed by atoms with Crippen LogP contribution in [0.2, 0.25) is 0 Å². The SMILES string of the molecule is CC1(C(=O)NCc2ccc3c(c2)CNC3)CC1. The molecule has 1 aliphatic heterocycles. The number of carbonyl (C=O) groups excluding carboxylic acids is 1. The van der Waals surface area contributed by atoms with Crippen molar-refractivity contribution in [2.45, 2.75) is 39.4 Å². The maximum atomic E-state index is 11.8. The quantitative estimate of drug-likeness (QED) is 0.830. The van der Waals surface area contributed by atoms with Crippen LogP contribution in [0.5, 0.6) is 0 Å². The summed E-state index contributed by atoms with van der Waals surface area (Å²) in [6.07, 6.45) is 2.07. The zero-order valence-corrected chi connectivity index (χ0v) is 10.2. The van der Waals surface area contributed by atoms with Gasteiger partial charge in [0.1, 0.15) is 0 Å². The lowest BCUT2D eigenvalue weighted by Crippen LogP contribution is -2.29. The lowest BCUT2D eigenvalue weighted by Gasteiger charge is -2.10. The molecule has 1 aliphatic carbocycles. The van der Waals surface area contributed by atoms with Crippen molar-refractivity contribution in [2.24, 2.45) is 5.41 Å². The van der Waals surface area contributed by atoms with E-state index in [-0.39, 0.29) is 11.3 Å². The van der Waals surface area contributed by atoms with Gasteiger partial charge in [0, 0.05) is 25.0 Å². The smallest absolute Gasteiger partial charge is 0.226 e. The number of carbonyl (C=O) groups is 1. The molecule has 0 aromatic heterocycles. The summed E-state index contributed by atoms with van der Waals surface area (Å²) in [4.78, 5) is 11.8. The monoisotopic (exact) mass is 230 g/mol. The van der Waals surface area contributed by atoms with E-state index in [2.05, 4.69) is 28.8 Å². The van der Waals surface area contributed by atoms with E-state index in [1.54, 1.807) is 0 Å². The van der Waals surface area contributed by atoms with Gasteiger partial charge in [-0.1, -0.05) is 25.1 Å². The van der Waals surface area contributed by atoms with Gasteiger partial charge in [0.15, 0.2) is 0 Å². The van der Waals surface area contributed by atoms with E-state index in [0.29, 0.717) is 6.54 Å². The summed E-state index contributed by atoms with van der Waals surface area (Å²) in [5.74, 6) is 0.205. The molecule has 0 atom stereocenters. The molecule has 1 saturated carbocycles. The Kier molecular flexibility index (Phi) is 2.44. The molecule has 17 heavy (non-hydrogen) atoms. The summed E-state index contributed by atoms with van der Waals surface area (Å²) in [5.41, 5.74) is 3.88. The zero-order valence-electron chi connectivity index (χ0n) is 10.2. The average molecular weight is 230 g/mol. The van der Waals surface area contributed by atoms with Gasteiger partial charge in [-0.05, 0) is 29.5 Å². The molecule has 3 nitrogen and oxygen atoms in total. The van der Waals surface area contributed by atoms with E-state index in [4.69, 9.17) is 0 Å². The molecule has 0 unspecified atom stereocenters. The predicted molar refractivity (Wildman–Crippen MR) is 66.2 cm³/mol. The van der Waals surface area contributed by atoms with Crippen molar-refractivity contribution in [3.8, 4) is 0 Å². The fourth-order valence-corrected chi connectivity index (χ4v) is 2.27. The maximum absolute atomic E-state index is 11.8. The summed E-state index contributed by atoms with van der Waals surface area (Å²) in [5, 5.41) is 6.36. The Morgan fingerprint density at radius 3 is 2.88 bits per heavy atom. The minimum Gasteiger partial charge on any atom is -0.352 e. The van der Waals surface area contributed by atoms with Gasteiger partial charge in [-0.15, -0.1) is 0 Å². The van der Waals surface area contributed by atoms with Crippen molar-refractivity contribution < 1.29 is 4.79 Å². The number of fused-ring (bicyclic) bond motifs is 1. The van der Waals surface area contributed by atoms with Crippen molar-refractivity contribution in [3.05, 3.63) is 34.9 Å². The fraction of sp³-hybridized carbons (Fsp3) is 0.500. The minimum atomic E-state index is -0.0711. The summed E-state index contributed by atoms with van der Waals surface area (Å²) >= 11 is 0. The highest BCUT2D eigenvalue weighted by molar-refractivity contribution is 5.84. The van der Waals surface area contributed by atoms with E-state index in [9.17, 15) is 4.79 Å². The van der Waals surface area contributed by atoms with Crippen LogP contribution in [-0.4, -0.2) is 5.91 Å². The van der Waals surface area contributed by atoms with Gasteiger partial charge in [0.2, 0.25) is 5.91 Å². The van der Waals surface area contributed by atoms with Crippen molar-refractivity contribution >= 4 is 5.91 Å². The van der Waals surface area contributed by atoms with Gasteiger partial charge < -0.3 is 10.6 Å². The maximum Gasteiger partial charge on any atom is 0.226 e. The first kappa shape index (κ1) is 10.8. The van der Waals surface area contributed by atoms with Crippen LogP contribution in [-0.2, 0) is 24.4 Å². The first-order chi connectivity index (χ1) is 8.17. The molecule has 3 rings (SSSR count). The first-order valence-corrected chi connectivity index (χ1v) is 6.27. The largest absolute Gasteiger partial charge is 0.352 e. The van der Waals surface area contributed by atoms with Crippen LogP contribution in [0.1, 0.15) is 36.5 Å². The Morgan fingerprint density at radius 1 is 1.35 bits per heavy atom. The number of rotatable bonds is 3.